The highest BCUT2D eigenvalue weighted by atomic mass is 16.4. The zero-order chi connectivity index (χ0) is 17.1. The molecule has 122 valence electrons. The van der Waals surface area contributed by atoms with Crippen molar-refractivity contribution in [1.29, 1.82) is 0 Å². The molecule has 0 fully saturated rings. The highest BCUT2D eigenvalue weighted by molar-refractivity contribution is 5.97. The number of benzene rings is 1. The van der Waals surface area contributed by atoms with Gasteiger partial charge in [0, 0.05) is 7.05 Å². The van der Waals surface area contributed by atoms with Crippen molar-refractivity contribution in [3.05, 3.63) is 47.3 Å². The third kappa shape index (κ3) is 3.11. The molecule has 1 unspecified atom stereocenters. The van der Waals surface area contributed by atoms with Gasteiger partial charge in [-0.2, -0.15) is 5.10 Å². The summed E-state index contributed by atoms with van der Waals surface area (Å²) in [6.07, 6.45) is 2.13. The van der Waals surface area contributed by atoms with Gasteiger partial charge in [0.2, 0.25) is 0 Å². The molecule has 1 amide bonds. The lowest BCUT2D eigenvalue weighted by atomic mass is 10.1. The lowest BCUT2D eigenvalue weighted by Crippen LogP contribution is -2.40. The van der Waals surface area contributed by atoms with Crippen LogP contribution in [0.3, 0.4) is 0 Å². The van der Waals surface area contributed by atoms with Crippen molar-refractivity contribution >= 4 is 11.9 Å². The number of aliphatic carboxylic acids is 1. The molecular weight excluding hydrogens is 294 g/mol. The van der Waals surface area contributed by atoms with Gasteiger partial charge in [-0.25, -0.2) is 9.48 Å². The molecule has 1 heterocycles. The second-order valence-corrected chi connectivity index (χ2v) is 5.49. The van der Waals surface area contributed by atoms with Crippen LogP contribution in [0, 0.1) is 6.92 Å². The molecule has 6 heteroatoms. The summed E-state index contributed by atoms with van der Waals surface area (Å²) < 4.78 is 1.75. The fourth-order valence-corrected chi connectivity index (χ4v) is 2.43. The molecule has 2 aromatic rings. The van der Waals surface area contributed by atoms with Gasteiger partial charge in [0.1, 0.15) is 6.04 Å². The second-order valence-electron chi connectivity index (χ2n) is 5.49. The number of para-hydroxylation sites is 1. The van der Waals surface area contributed by atoms with E-state index in [2.05, 4.69) is 5.10 Å². The fourth-order valence-electron chi connectivity index (χ4n) is 2.43. The van der Waals surface area contributed by atoms with Gasteiger partial charge in [0.05, 0.1) is 23.1 Å². The van der Waals surface area contributed by atoms with E-state index in [0.717, 1.165) is 16.9 Å². The summed E-state index contributed by atoms with van der Waals surface area (Å²) in [6, 6.07) is 6.90. The maximum atomic E-state index is 12.6. The Labute approximate surface area is 135 Å². The molecule has 0 aliphatic carbocycles. The first kappa shape index (κ1) is 16.7. The number of carboxylic acid groups (broad SMARTS) is 1. The molecule has 0 aliphatic rings. The Morgan fingerprint density at radius 3 is 2.57 bits per heavy atom. The number of aromatic nitrogens is 2. The Kier molecular flexibility index (Phi) is 4.83. The largest absolute Gasteiger partial charge is 0.480 e. The van der Waals surface area contributed by atoms with E-state index < -0.39 is 12.0 Å². The quantitative estimate of drug-likeness (QED) is 0.918. The zero-order valence-electron chi connectivity index (χ0n) is 13.8. The van der Waals surface area contributed by atoms with Crippen molar-refractivity contribution < 1.29 is 14.7 Å². The van der Waals surface area contributed by atoms with Crippen LogP contribution in [-0.4, -0.2) is 44.8 Å². The molecular formula is C17H21N3O3. The average Bonchev–Trinajstić information content (AvgIpc) is 2.96. The molecule has 0 saturated carbocycles. The van der Waals surface area contributed by atoms with Crippen molar-refractivity contribution in [2.75, 3.05) is 7.05 Å². The highest BCUT2D eigenvalue weighted by Crippen LogP contribution is 2.20. The minimum atomic E-state index is -1.04. The number of carbonyl (C=O) groups is 2. The third-order valence-electron chi connectivity index (χ3n) is 4.04. The van der Waals surface area contributed by atoms with Gasteiger partial charge in [-0.3, -0.25) is 4.79 Å². The number of carbonyl (C=O) groups excluding carboxylic acids is 1. The third-order valence-corrected chi connectivity index (χ3v) is 4.04. The maximum Gasteiger partial charge on any atom is 0.326 e. The minimum Gasteiger partial charge on any atom is -0.480 e. The van der Waals surface area contributed by atoms with Crippen LogP contribution in [0.2, 0.25) is 0 Å². The standard InChI is InChI=1S/C17H21N3O3/c1-5-14-13(16(21)19(4)12(3)17(22)23)10-18-20(14)15-9-7-6-8-11(15)2/h6-10,12H,5H2,1-4H3,(H,22,23). The first-order chi connectivity index (χ1) is 10.9. The topological polar surface area (TPSA) is 75.4 Å². The van der Waals surface area contributed by atoms with Gasteiger partial charge in [-0.05, 0) is 31.9 Å². The first-order valence-corrected chi connectivity index (χ1v) is 7.51. The second kappa shape index (κ2) is 6.64. The predicted octanol–water partition coefficient (Wildman–Crippen LogP) is 2.29. The van der Waals surface area contributed by atoms with Crippen molar-refractivity contribution in [3.63, 3.8) is 0 Å². The minimum absolute atomic E-state index is 0.336. The van der Waals surface area contributed by atoms with Crippen molar-refractivity contribution in [2.24, 2.45) is 0 Å². The predicted molar refractivity (Wildman–Crippen MR) is 86.9 cm³/mol. The molecule has 0 saturated heterocycles. The Hall–Kier alpha value is -2.63. The first-order valence-electron chi connectivity index (χ1n) is 7.51. The summed E-state index contributed by atoms with van der Waals surface area (Å²) >= 11 is 0. The molecule has 0 aliphatic heterocycles. The molecule has 1 aromatic heterocycles. The number of aryl methyl sites for hydroxylation is 1. The lowest BCUT2D eigenvalue weighted by molar-refractivity contribution is -0.141. The highest BCUT2D eigenvalue weighted by Gasteiger charge is 2.26. The van der Waals surface area contributed by atoms with Crippen LogP contribution < -0.4 is 0 Å². The maximum absolute atomic E-state index is 12.6. The number of likely N-dealkylation sites (N-methyl/N-ethyl adjacent to an activating group) is 1. The molecule has 0 spiro atoms. The van der Waals surface area contributed by atoms with E-state index >= 15 is 0 Å². The summed E-state index contributed by atoms with van der Waals surface area (Å²) in [6.45, 7) is 5.41. The number of carboxylic acids is 1. The van der Waals surface area contributed by atoms with Crippen LogP contribution in [0.4, 0.5) is 0 Å². The summed E-state index contributed by atoms with van der Waals surface area (Å²) in [4.78, 5) is 24.9. The molecule has 1 N–H and O–H groups in total. The molecule has 2 rings (SSSR count). The van der Waals surface area contributed by atoms with Crippen molar-refractivity contribution in [1.82, 2.24) is 14.7 Å². The average molecular weight is 315 g/mol. The van der Waals surface area contributed by atoms with Gasteiger partial charge < -0.3 is 10.0 Å². The van der Waals surface area contributed by atoms with E-state index in [1.165, 1.54) is 25.1 Å². The SMILES string of the molecule is CCc1c(C(=O)N(C)C(C)C(=O)O)cnn1-c1ccccc1C. The van der Waals surface area contributed by atoms with E-state index in [1.807, 2.05) is 38.1 Å². The molecule has 6 nitrogen and oxygen atoms in total. The Morgan fingerprint density at radius 1 is 1.35 bits per heavy atom. The van der Waals surface area contributed by atoms with E-state index in [-0.39, 0.29) is 5.91 Å². The summed E-state index contributed by atoms with van der Waals surface area (Å²) in [5.74, 6) is -1.37. The van der Waals surface area contributed by atoms with Crippen LogP contribution in [0.5, 0.6) is 0 Å². The van der Waals surface area contributed by atoms with Gasteiger partial charge in [0.25, 0.3) is 5.91 Å². The smallest absolute Gasteiger partial charge is 0.326 e. The lowest BCUT2D eigenvalue weighted by Gasteiger charge is -2.21. The van der Waals surface area contributed by atoms with Gasteiger partial charge >= 0.3 is 5.97 Å². The summed E-state index contributed by atoms with van der Waals surface area (Å²) in [5.41, 5.74) is 3.17. The van der Waals surface area contributed by atoms with Crippen LogP contribution in [0.25, 0.3) is 5.69 Å². The Morgan fingerprint density at radius 2 is 2.00 bits per heavy atom. The van der Waals surface area contributed by atoms with Crippen LogP contribution >= 0.6 is 0 Å². The van der Waals surface area contributed by atoms with E-state index in [0.29, 0.717) is 12.0 Å². The Bertz CT molecular complexity index is 736. The van der Waals surface area contributed by atoms with Crippen molar-refractivity contribution in [3.8, 4) is 5.69 Å². The fraction of sp³-hybridized carbons (Fsp3) is 0.353. The molecule has 0 bridgehead atoms. The monoisotopic (exact) mass is 315 g/mol. The Balaban J connectivity index is 2.45. The van der Waals surface area contributed by atoms with Crippen molar-refractivity contribution in [2.45, 2.75) is 33.2 Å². The van der Waals surface area contributed by atoms with E-state index in [4.69, 9.17) is 5.11 Å². The number of hydrogen-bond acceptors (Lipinski definition) is 3. The van der Waals surface area contributed by atoms with Crippen LogP contribution in [0.15, 0.2) is 30.5 Å². The summed E-state index contributed by atoms with van der Waals surface area (Å²) in [7, 11) is 1.49. The summed E-state index contributed by atoms with van der Waals surface area (Å²) in [5, 5.41) is 13.4. The van der Waals surface area contributed by atoms with Crippen LogP contribution in [-0.2, 0) is 11.2 Å². The number of nitrogens with zero attached hydrogens (tertiary/aromatic N) is 3. The van der Waals surface area contributed by atoms with Gasteiger partial charge in [0.15, 0.2) is 0 Å². The molecule has 1 aromatic carbocycles. The normalized spacial score (nSPS) is 12.0. The molecule has 0 radical (unpaired) electrons. The van der Waals surface area contributed by atoms with E-state index in [9.17, 15) is 9.59 Å². The van der Waals surface area contributed by atoms with Gasteiger partial charge in [-0.1, -0.05) is 25.1 Å². The number of hydrogen-bond donors (Lipinski definition) is 1. The number of amides is 1. The van der Waals surface area contributed by atoms with Crippen LogP contribution in [0.1, 0.15) is 35.5 Å². The zero-order valence-corrected chi connectivity index (χ0v) is 13.8. The van der Waals surface area contributed by atoms with Gasteiger partial charge in [-0.15, -0.1) is 0 Å². The van der Waals surface area contributed by atoms with E-state index in [1.54, 1.807) is 4.68 Å². The number of rotatable bonds is 5. The molecule has 23 heavy (non-hydrogen) atoms. The molecule has 1 atom stereocenters.